The molecule has 0 saturated carbocycles. The van der Waals surface area contributed by atoms with Crippen LogP contribution in [0.4, 0.5) is 0 Å². The molecular weight excluding hydrogens is 276 g/mol. The molecule has 2 aromatic carbocycles. The van der Waals surface area contributed by atoms with Gasteiger partial charge in [0.2, 0.25) is 0 Å². The van der Waals surface area contributed by atoms with Crippen molar-refractivity contribution >= 4 is 11.8 Å². The van der Waals surface area contributed by atoms with E-state index in [0.717, 1.165) is 11.1 Å². The number of benzene rings is 2. The highest BCUT2D eigenvalue weighted by Gasteiger charge is 2.58. The average molecular weight is 294 g/mol. The molecule has 22 heavy (non-hydrogen) atoms. The number of rotatable bonds is 3. The van der Waals surface area contributed by atoms with Crippen molar-refractivity contribution in [2.75, 3.05) is 0 Å². The average Bonchev–Trinajstić information content (AvgIpc) is 2.83. The van der Waals surface area contributed by atoms with E-state index in [-0.39, 0.29) is 5.78 Å². The number of carbonyl (C=O) groups excluding carboxylic acids is 2. The van der Waals surface area contributed by atoms with E-state index in [0.29, 0.717) is 6.42 Å². The summed E-state index contributed by atoms with van der Waals surface area (Å²) in [7, 11) is 0. The van der Waals surface area contributed by atoms with E-state index < -0.39 is 17.0 Å². The third-order valence-corrected chi connectivity index (χ3v) is 4.58. The first-order valence-corrected chi connectivity index (χ1v) is 7.34. The van der Waals surface area contributed by atoms with Gasteiger partial charge < -0.3 is 4.74 Å². The lowest BCUT2D eigenvalue weighted by Crippen LogP contribution is -2.31. The highest BCUT2D eigenvalue weighted by molar-refractivity contribution is 6.04. The van der Waals surface area contributed by atoms with Crippen LogP contribution in [0, 0.1) is 5.41 Å². The number of ether oxygens (including phenoxy) is 1. The summed E-state index contributed by atoms with van der Waals surface area (Å²) in [5.74, 6) is -0.612. The maximum atomic E-state index is 12.5. The molecular formula is C19H18O3. The summed E-state index contributed by atoms with van der Waals surface area (Å²) in [5.41, 5.74) is -0.231. The lowest BCUT2D eigenvalue weighted by atomic mass is 9.74. The van der Waals surface area contributed by atoms with Crippen molar-refractivity contribution in [2.24, 2.45) is 5.41 Å². The number of carbonyl (C=O) groups is 2. The Hall–Kier alpha value is -2.42. The maximum Gasteiger partial charge on any atom is 0.320 e. The molecule has 0 N–H and O–H groups in total. The molecule has 2 aromatic rings. The van der Waals surface area contributed by atoms with E-state index >= 15 is 0 Å². The van der Waals surface area contributed by atoms with Crippen LogP contribution in [0.1, 0.15) is 31.4 Å². The fourth-order valence-corrected chi connectivity index (χ4v) is 3.05. The van der Waals surface area contributed by atoms with Crippen molar-refractivity contribution in [2.45, 2.75) is 25.9 Å². The summed E-state index contributed by atoms with van der Waals surface area (Å²) in [6.07, 6.45) is 0.322. The van der Waals surface area contributed by atoms with Crippen LogP contribution in [0.5, 0.6) is 0 Å². The zero-order valence-corrected chi connectivity index (χ0v) is 12.7. The van der Waals surface area contributed by atoms with Crippen molar-refractivity contribution in [1.29, 1.82) is 0 Å². The third-order valence-electron chi connectivity index (χ3n) is 4.58. The smallest absolute Gasteiger partial charge is 0.320 e. The third kappa shape index (κ3) is 2.05. The number of hydrogen-bond acceptors (Lipinski definition) is 3. The molecule has 0 radical (unpaired) electrons. The van der Waals surface area contributed by atoms with Gasteiger partial charge in [-0.1, -0.05) is 60.7 Å². The van der Waals surface area contributed by atoms with Gasteiger partial charge in [-0.25, -0.2) is 0 Å². The van der Waals surface area contributed by atoms with Gasteiger partial charge in [0.15, 0.2) is 5.60 Å². The highest BCUT2D eigenvalue weighted by atomic mass is 16.6. The van der Waals surface area contributed by atoms with Crippen LogP contribution in [0.3, 0.4) is 0 Å². The van der Waals surface area contributed by atoms with Gasteiger partial charge in [0.25, 0.3) is 0 Å². The summed E-state index contributed by atoms with van der Waals surface area (Å²) in [4.78, 5) is 24.5. The van der Waals surface area contributed by atoms with Crippen LogP contribution in [0.2, 0.25) is 0 Å². The summed E-state index contributed by atoms with van der Waals surface area (Å²) in [6, 6.07) is 19.2. The fraction of sp³-hybridized carbons (Fsp3) is 0.263. The molecule has 3 rings (SSSR count). The molecule has 3 heteroatoms. The summed E-state index contributed by atoms with van der Waals surface area (Å²) >= 11 is 0. The van der Waals surface area contributed by atoms with Crippen LogP contribution in [-0.2, 0) is 19.9 Å². The van der Waals surface area contributed by atoms with Crippen LogP contribution >= 0.6 is 0 Å². The minimum atomic E-state index is -1.11. The highest BCUT2D eigenvalue weighted by Crippen LogP contribution is 2.50. The van der Waals surface area contributed by atoms with Gasteiger partial charge in [0.1, 0.15) is 11.2 Å². The molecule has 0 bridgehead atoms. The number of ketones is 1. The standard InChI is InChI=1S/C19H18O3/c1-14(20)18(2)13-19(22-17(18)21,15-9-5-3-6-10-15)16-11-7-4-8-12-16/h3-12H,13H2,1-2H3/t18-/m1/s1. The van der Waals surface area contributed by atoms with Crippen molar-refractivity contribution in [3.8, 4) is 0 Å². The lowest BCUT2D eigenvalue weighted by molar-refractivity contribution is -0.154. The minimum Gasteiger partial charge on any atom is -0.448 e. The Morgan fingerprint density at radius 1 is 0.955 bits per heavy atom. The van der Waals surface area contributed by atoms with Crippen LogP contribution in [0.15, 0.2) is 60.7 Å². The van der Waals surface area contributed by atoms with E-state index in [4.69, 9.17) is 4.74 Å². The molecule has 1 aliphatic heterocycles. The van der Waals surface area contributed by atoms with Crippen molar-refractivity contribution < 1.29 is 14.3 Å². The fourth-order valence-electron chi connectivity index (χ4n) is 3.05. The molecule has 112 valence electrons. The molecule has 0 aliphatic carbocycles. The molecule has 1 saturated heterocycles. The molecule has 1 heterocycles. The second-order valence-electron chi connectivity index (χ2n) is 6.01. The molecule has 1 aliphatic rings. The molecule has 0 aromatic heterocycles. The van der Waals surface area contributed by atoms with E-state index in [9.17, 15) is 9.59 Å². The maximum absolute atomic E-state index is 12.5. The van der Waals surface area contributed by atoms with Crippen molar-refractivity contribution in [1.82, 2.24) is 0 Å². The van der Waals surface area contributed by atoms with Gasteiger partial charge in [0, 0.05) is 17.5 Å². The number of esters is 1. The van der Waals surface area contributed by atoms with Gasteiger partial charge in [-0.3, -0.25) is 9.59 Å². The number of cyclic esters (lactones) is 1. The summed E-state index contributed by atoms with van der Waals surface area (Å²) in [5, 5.41) is 0. The van der Waals surface area contributed by atoms with Gasteiger partial charge in [-0.2, -0.15) is 0 Å². The van der Waals surface area contributed by atoms with Crippen LogP contribution < -0.4 is 0 Å². The van der Waals surface area contributed by atoms with Crippen molar-refractivity contribution in [3.05, 3.63) is 71.8 Å². The van der Waals surface area contributed by atoms with E-state index in [2.05, 4.69) is 0 Å². The zero-order valence-electron chi connectivity index (χ0n) is 12.7. The molecule has 0 unspecified atom stereocenters. The monoisotopic (exact) mass is 294 g/mol. The Morgan fingerprint density at radius 3 is 1.77 bits per heavy atom. The summed E-state index contributed by atoms with van der Waals surface area (Å²) in [6.45, 7) is 3.12. The van der Waals surface area contributed by atoms with Gasteiger partial charge in [0.05, 0.1) is 0 Å². The molecule has 1 fully saturated rings. The minimum absolute atomic E-state index is 0.161. The first-order valence-electron chi connectivity index (χ1n) is 7.34. The molecule has 3 nitrogen and oxygen atoms in total. The largest absolute Gasteiger partial charge is 0.448 e. The first-order chi connectivity index (χ1) is 10.5. The van der Waals surface area contributed by atoms with E-state index in [1.807, 2.05) is 60.7 Å². The molecule has 1 atom stereocenters. The van der Waals surface area contributed by atoms with E-state index in [1.165, 1.54) is 6.92 Å². The van der Waals surface area contributed by atoms with E-state index in [1.54, 1.807) is 6.92 Å². The molecule has 0 amide bonds. The SMILES string of the molecule is CC(=O)[C@@]1(C)CC(c2ccccc2)(c2ccccc2)OC1=O. The second-order valence-corrected chi connectivity index (χ2v) is 6.01. The predicted octanol–water partition coefficient (Wildman–Crippen LogP) is 3.47. The topological polar surface area (TPSA) is 43.4 Å². The Bertz CT molecular complexity index is 666. The Balaban J connectivity index is 2.19. The Kier molecular flexibility index (Phi) is 3.36. The number of Topliss-reactive ketones (excluding diaryl/α,β-unsaturated/α-hetero) is 1. The predicted molar refractivity (Wildman–Crippen MR) is 83.2 cm³/mol. The van der Waals surface area contributed by atoms with Crippen LogP contribution in [0.25, 0.3) is 0 Å². The van der Waals surface area contributed by atoms with Gasteiger partial charge in [-0.15, -0.1) is 0 Å². The zero-order chi connectivity index (χ0) is 15.8. The lowest BCUT2D eigenvalue weighted by Gasteiger charge is -2.29. The van der Waals surface area contributed by atoms with Crippen LogP contribution in [-0.4, -0.2) is 11.8 Å². The Labute approximate surface area is 129 Å². The second kappa shape index (κ2) is 5.09. The van der Waals surface area contributed by atoms with Gasteiger partial charge >= 0.3 is 5.97 Å². The normalized spacial score (nSPS) is 23.1. The number of hydrogen-bond donors (Lipinski definition) is 0. The van der Waals surface area contributed by atoms with Crippen molar-refractivity contribution in [3.63, 3.8) is 0 Å². The summed E-state index contributed by atoms with van der Waals surface area (Å²) < 4.78 is 5.84. The quantitative estimate of drug-likeness (QED) is 0.643. The van der Waals surface area contributed by atoms with Gasteiger partial charge in [-0.05, 0) is 13.8 Å². The Morgan fingerprint density at radius 2 is 1.41 bits per heavy atom. The first kappa shape index (κ1) is 14.5. The molecule has 0 spiro atoms.